The van der Waals surface area contributed by atoms with Gasteiger partial charge in [-0.05, 0) is 78.0 Å². The lowest BCUT2D eigenvalue weighted by Gasteiger charge is -2.01. The number of fused-ring (bicyclic) bond motifs is 2. The van der Waals surface area contributed by atoms with E-state index in [1.165, 1.54) is 22.7 Å². The number of tetrazole rings is 1. The van der Waals surface area contributed by atoms with Gasteiger partial charge in [0, 0.05) is 5.56 Å². The van der Waals surface area contributed by atoms with Crippen LogP contribution in [0.3, 0.4) is 0 Å². The molecule has 1 N–H and O–H groups in total. The first-order chi connectivity index (χ1) is 19.2. The maximum Gasteiger partial charge on any atom is 0.279 e. The molecular formula is C28H17N7O2S2. The van der Waals surface area contributed by atoms with Crippen molar-refractivity contribution in [2.24, 2.45) is 0 Å². The lowest BCUT2D eigenvalue weighted by Crippen LogP contribution is -1.84. The van der Waals surface area contributed by atoms with E-state index in [4.69, 9.17) is 14.7 Å². The van der Waals surface area contributed by atoms with E-state index in [0.29, 0.717) is 27.5 Å². The number of thiazole rings is 2. The Balaban J connectivity index is 0.000000144. The maximum absolute atomic E-state index is 8.71. The third-order valence-electron chi connectivity index (χ3n) is 5.40. The Hall–Kier alpha value is -5.18. The highest BCUT2D eigenvalue weighted by Crippen LogP contribution is 2.32. The van der Waals surface area contributed by atoms with Crippen LogP contribution in [0.1, 0.15) is 5.56 Å². The van der Waals surface area contributed by atoms with Gasteiger partial charge in [0.1, 0.15) is 11.5 Å². The Morgan fingerprint density at radius 3 is 1.69 bits per heavy atom. The number of rotatable bonds is 5. The zero-order valence-electron chi connectivity index (χ0n) is 20.1. The van der Waals surface area contributed by atoms with Crippen molar-refractivity contribution in [3.8, 4) is 39.3 Å². The van der Waals surface area contributed by atoms with Crippen LogP contribution in [0, 0.1) is 11.3 Å². The lowest BCUT2D eigenvalue weighted by molar-refractivity contribution is 0.480. The van der Waals surface area contributed by atoms with Crippen molar-refractivity contribution in [3.05, 3.63) is 103 Å². The van der Waals surface area contributed by atoms with E-state index in [0.717, 1.165) is 31.7 Å². The second-order valence-electron chi connectivity index (χ2n) is 8.00. The summed E-state index contributed by atoms with van der Waals surface area (Å²) in [6.45, 7) is 0. The third kappa shape index (κ3) is 5.72. The van der Waals surface area contributed by atoms with Crippen LogP contribution in [0.2, 0.25) is 0 Å². The van der Waals surface area contributed by atoms with Crippen LogP contribution < -0.4 is 9.47 Å². The molecule has 0 saturated heterocycles. The predicted octanol–water partition coefficient (Wildman–Crippen LogP) is 7.23. The summed E-state index contributed by atoms with van der Waals surface area (Å²) in [7, 11) is 0. The number of benzene rings is 4. The molecule has 7 aromatic rings. The van der Waals surface area contributed by atoms with Crippen molar-refractivity contribution in [3.63, 3.8) is 0 Å². The normalized spacial score (nSPS) is 10.5. The number of hydrogen-bond donors (Lipinski definition) is 1. The first-order valence-corrected chi connectivity index (χ1v) is 13.3. The summed E-state index contributed by atoms with van der Waals surface area (Å²) in [6.07, 6.45) is 0. The summed E-state index contributed by atoms with van der Waals surface area (Å²) in [5.41, 5.74) is 3.37. The molecule has 0 saturated carbocycles. The average Bonchev–Trinajstić information content (AvgIpc) is 3.74. The molecule has 7 rings (SSSR count). The number of aromatic nitrogens is 6. The van der Waals surface area contributed by atoms with Crippen LogP contribution in [0.4, 0.5) is 0 Å². The monoisotopic (exact) mass is 547 g/mol. The summed E-state index contributed by atoms with van der Waals surface area (Å²) >= 11 is 3.02. The van der Waals surface area contributed by atoms with E-state index in [1.54, 1.807) is 24.3 Å². The highest BCUT2D eigenvalue weighted by Gasteiger charge is 2.07. The van der Waals surface area contributed by atoms with Gasteiger partial charge in [0.05, 0.1) is 32.1 Å². The number of hydrogen-bond acceptors (Lipinski definition) is 10. The van der Waals surface area contributed by atoms with Crippen molar-refractivity contribution in [1.29, 1.82) is 5.26 Å². The Kier molecular flexibility index (Phi) is 6.85. The lowest BCUT2D eigenvalue weighted by atomic mass is 10.2. The van der Waals surface area contributed by atoms with Crippen LogP contribution in [0.25, 0.3) is 31.8 Å². The van der Waals surface area contributed by atoms with Crippen molar-refractivity contribution < 1.29 is 9.47 Å². The van der Waals surface area contributed by atoms with E-state index in [1.807, 2.05) is 72.8 Å². The van der Waals surface area contributed by atoms with Crippen LogP contribution >= 0.6 is 22.7 Å². The second-order valence-corrected chi connectivity index (χ2v) is 9.98. The molecule has 3 aromatic heterocycles. The molecule has 11 heteroatoms. The first-order valence-electron chi connectivity index (χ1n) is 11.6. The molecule has 0 unspecified atom stereocenters. The zero-order chi connectivity index (χ0) is 26.4. The molecule has 0 radical (unpaired) electrons. The number of nitriles is 1. The molecule has 188 valence electrons. The molecule has 3 heterocycles. The summed E-state index contributed by atoms with van der Waals surface area (Å²) < 4.78 is 13.6. The van der Waals surface area contributed by atoms with Crippen molar-refractivity contribution >= 4 is 43.1 Å². The van der Waals surface area contributed by atoms with Gasteiger partial charge in [-0.25, -0.2) is 9.97 Å². The fraction of sp³-hybridized carbons (Fsp3) is 0. The minimum Gasteiger partial charge on any atom is -0.431 e. The minimum atomic E-state index is 0.557. The Bertz CT molecular complexity index is 1810. The van der Waals surface area contributed by atoms with Gasteiger partial charge in [-0.2, -0.15) is 10.5 Å². The molecule has 0 atom stereocenters. The number of H-pyrrole nitrogens is 1. The van der Waals surface area contributed by atoms with Gasteiger partial charge < -0.3 is 9.47 Å². The summed E-state index contributed by atoms with van der Waals surface area (Å²) in [6, 6.07) is 32.4. The fourth-order valence-electron chi connectivity index (χ4n) is 3.54. The third-order valence-corrected chi connectivity index (χ3v) is 7.23. The highest BCUT2D eigenvalue weighted by molar-refractivity contribution is 7.20. The standard InChI is InChI=1S/C14H9N5OS.C14H8N2OS/c1-2-4-12-11(3-1)15-14(21-12)20-10-7-5-9(6-8-10)13-16-18-19-17-13;15-9-10-5-7-11(8-6-10)17-14-16-12-3-1-2-4-13(12)18-14/h1-8H,(H,16,17,18,19);1-8H. The number of nitrogens with one attached hydrogen (secondary N) is 1. The average molecular weight is 548 g/mol. The smallest absolute Gasteiger partial charge is 0.279 e. The van der Waals surface area contributed by atoms with E-state index in [9.17, 15) is 0 Å². The van der Waals surface area contributed by atoms with Crippen LogP contribution in [0.5, 0.6) is 21.9 Å². The van der Waals surface area contributed by atoms with E-state index in [-0.39, 0.29) is 0 Å². The van der Waals surface area contributed by atoms with Gasteiger partial charge >= 0.3 is 0 Å². The predicted molar refractivity (Wildman–Crippen MR) is 150 cm³/mol. The molecule has 0 aliphatic carbocycles. The largest absolute Gasteiger partial charge is 0.431 e. The molecule has 4 aromatic carbocycles. The van der Waals surface area contributed by atoms with Crippen molar-refractivity contribution in [2.45, 2.75) is 0 Å². The number of nitrogens with zero attached hydrogens (tertiary/aromatic N) is 6. The van der Waals surface area contributed by atoms with E-state index in [2.05, 4.69) is 36.7 Å². The molecule has 9 nitrogen and oxygen atoms in total. The molecule has 0 aliphatic rings. The van der Waals surface area contributed by atoms with Gasteiger partial charge in [-0.1, -0.05) is 46.9 Å². The van der Waals surface area contributed by atoms with Gasteiger partial charge in [0.25, 0.3) is 10.4 Å². The molecule has 0 spiro atoms. The van der Waals surface area contributed by atoms with Crippen LogP contribution in [-0.4, -0.2) is 30.6 Å². The molecule has 39 heavy (non-hydrogen) atoms. The number of aromatic amines is 1. The van der Waals surface area contributed by atoms with E-state index >= 15 is 0 Å². The second kappa shape index (κ2) is 11.1. The number of para-hydroxylation sites is 2. The topological polar surface area (TPSA) is 122 Å². The van der Waals surface area contributed by atoms with Crippen molar-refractivity contribution in [2.75, 3.05) is 0 Å². The minimum absolute atomic E-state index is 0.557. The summed E-state index contributed by atoms with van der Waals surface area (Å²) in [4.78, 5) is 8.82. The van der Waals surface area contributed by atoms with Crippen LogP contribution in [-0.2, 0) is 0 Å². The Labute approximate surface area is 230 Å². The molecule has 0 bridgehead atoms. The molecule has 0 fully saturated rings. The Morgan fingerprint density at radius 2 is 1.21 bits per heavy atom. The highest BCUT2D eigenvalue weighted by atomic mass is 32.1. The molecule has 0 aliphatic heterocycles. The number of ether oxygens (including phenoxy) is 2. The Morgan fingerprint density at radius 1 is 0.667 bits per heavy atom. The summed E-state index contributed by atoms with van der Waals surface area (Å²) in [5.74, 6) is 1.97. The quantitative estimate of drug-likeness (QED) is 0.239. The van der Waals surface area contributed by atoms with Gasteiger partial charge in [-0.15, -0.1) is 10.2 Å². The zero-order valence-corrected chi connectivity index (χ0v) is 21.7. The van der Waals surface area contributed by atoms with Gasteiger partial charge in [-0.3, -0.25) is 0 Å². The molecule has 0 amide bonds. The van der Waals surface area contributed by atoms with E-state index < -0.39 is 0 Å². The van der Waals surface area contributed by atoms with Gasteiger partial charge in [0.2, 0.25) is 5.82 Å². The van der Waals surface area contributed by atoms with Crippen molar-refractivity contribution in [1.82, 2.24) is 30.6 Å². The maximum atomic E-state index is 8.71. The SMILES string of the molecule is N#Cc1ccc(Oc2nc3ccccc3s2)cc1.c1ccc2sc(Oc3ccc(-c4nn[nH]n4)cc3)nc2c1. The first kappa shape index (κ1) is 24.2. The van der Waals surface area contributed by atoms with Crippen LogP contribution in [0.15, 0.2) is 97.1 Å². The molecular weight excluding hydrogens is 530 g/mol. The van der Waals surface area contributed by atoms with Gasteiger partial charge in [0.15, 0.2) is 0 Å². The summed E-state index contributed by atoms with van der Waals surface area (Å²) in [5, 5.41) is 23.8. The fourth-order valence-corrected chi connectivity index (χ4v) is 5.21.